The minimum Gasteiger partial charge on any atom is -0.391 e. The molecule has 2 nitrogen and oxygen atoms in total. The lowest BCUT2D eigenvalue weighted by Gasteiger charge is -2.11. The maximum atomic E-state index is 9.40. The summed E-state index contributed by atoms with van der Waals surface area (Å²) in [6.07, 6.45) is 4.02. The van der Waals surface area contributed by atoms with E-state index in [0.717, 1.165) is 19.0 Å². The third kappa shape index (κ3) is 1.32. The lowest BCUT2D eigenvalue weighted by atomic mass is 9.99. The van der Waals surface area contributed by atoms with Crippen LogP contribution < -0.4 is 5.32 Å². The van der Waals surface area contributed by atoms with Crippen molar-refractivity contribution >= 4 is 0 Å². The number of nitrogens with one attached hydrogen (secondary N) is 1. The minimum atomic E-state index is -0.0550. The Balaban J connectivity index is 1.79. The lowest BCUT2D eigenvalue weighted by molar-refractivity contribution is 0.140. The normalized spacial score (nSPS) is 40.5. The van der Waals surface area contributed by atoms with Gasteiger partial charge in [0, 0.05) is 13.1 Å². The first-order valence-corrected chi connectivity index (χ1v) is 4.25. The number of hydrogen-bond acceptors (Lipinski definition) is 2. The van der Waals surface area contributed by atoms with E-state index in [4.69, 9.17) is 0 Å². The van der Waals surface area contributed by atoms with Crippen LogP contribution in [0.2, 0.25) is 0 Å². The molecule has 2 heteroatoms. The number of aliphatic hydroxyl groups excluding tert-OH is 1. The Morgan fingerprint density at radius 2 is 2.10 bits per heavy atom. The van der Waals surface area contributed by atoms with Gasteiger partial charge in [-0.2, -0.15) is 0 Å². The Labute approximate surface area is 61.6 Å². The highest BCUT2D eigenvalue weighted by molar-refractivity contribution is 4.85. The first-order valence-electron chi connectivity index (χ1n) is 4.25. The highest BCUT2D eigenvalue weighted by Crippen LogP contribution is 2.36. The predicted octanol–water partition coefficient (Wildman–Crippen LogP) is 0.367. The van der Waals surface area contributed by atoms with Crippen molar-refractivity contribution in [1.82, 2.24) is 5.32 Å². The summed E-state index contributed by atoms with van der Waals surface area (Å²) in [7, 11) is 0. The first kappa shape index (κ1) is 6.62. The molecule has 10 heavy (non-hydrogen) atoms. The Bertz CT molecular complexity index is 122. The second-order valence-electron chi connectivity index (χ2n) is 3.66. The molecule has 0 amide bonds. The summed E-state index contributed by atoms with van der Waals surface area (Å²) in [5.74, 6) is 1.52. The van der Waals surface area contributed by atoms with Crippen molar-refractivity contribution < 1.29 is 5.11 Å². The summed E-state index contributed by atoms with van der Waals surface area (Å²) in [5, 5.41) is 12.6. The predicted molar refractivity (Wildman–Crippen MR) is 39.7 cm³/mol. The topological polar surface area (TPSA) is 32.3 Å². The lowest BCUT2D eigenvalue weighted by Crippen LogP contribution is -2.18. The zero-order valence-electron chi connectivity index (χ0n) is 6.21. The van der Waals surface area contributed by atoms with Gasteiger partial charge in [-0.15, -0.1) is 0 Å². The van der Waals surface area contributed by atoms with Crippen LogP contribution in [0, 0.1) is 11.8 Å². The van der Waals surface area contributed by atoms with Gasteiger partial charge in [-0.1, -0.05) is 12.8 Å². The summed E-state index contributed by atoms with van der Waals surface area (Å²) in [5.41, 5.74) is 0. The van der Waals surface area contributed by atoms with Crippen LogP contribution in [0.3, 0.4) is 0 Å². The van der Waals surface area contributed by atoms with Crippen molar-refractivity contribution in [2.45, 2.75) is 25.4 Å². The molecule has 1 aliphatic heterocycles. The zero-order chi connectivity index (χ0) is 6.97. The van der Waals surface area contributed by atoms with E-state index in [2.05, 4.69) is 5.32 Å². The average molecular weight is 141 g/mol. The molecule has 1 heterocycles. The van der Waals surface area contributed by atoms with Crippen LogP contribution >= 0.6 is 0 Å². The molecule has 2 aliphatic rings. The Kier molecular flexibility index (Phi) is 1.66. The van der Waals surface area contributed by atoms with Gasteiger partial charge in [0.2, 0.25) is 0 Å². The van der Waals surface area contributed by atoms with Crippen LogP contribution in [0.5, 0.6) is 0 Å². The molecular weight excluding hydrogens is 126 g/mol. The molecule has 0 unspecified atom stereocenters. The molecule has 0 radical (unpaired) electrons. The van der Waals surface area contributed by atoms with Crippen LogP contribution in [0.1, 0.15) is 19.3 Å². The van der Waals surface area contributed by atoms with Crippen LogP contribution in [-0.4, -0.2) is 24.3 Å². The molecule has 0 bridgehead atoms. The Morgan fingerprint density at radius 1 is 1.30 bits per heavy atom. The van der Waals surface area contributed by atoms with Gasteiger partial charge < -0.3 is 10.4 Å². The van der Waals surface area contributed by atoms with Crippen LogP contribution in [0.25, 0.3) is 0 Å². The van der Waals surface area contributed by atoms with Crippen molar-refractivity contribution in [1.29, 1.82) is 0 Å². The summed E-state index contributed by atoms with van der Waals surface area (Å²) < 4.78 is 0. The van der Waals surface area contributed by atoms with Crippen molar-refractivity contribution in [3.8, 4) is 0 Å². The fourth-order valence-electron chi connectivity index (χ4n) is 1.74. The SMILES string of the molecule is O[C@@H]1CNC[C@@H]1CC1CC1. The van der Waals surface area contributed by atoms with E-state index in [1.165, 1.54) is 19.3 Å². The van der Waals surface area contributed by atoms with Crippen LogP contribution in [0.4, 0.5) is 0 Å². The monoisotopic (exact) mass is 141 g/mol. The highest BCUT2D eigenvalue weighted by Gasteiger charge is 2.31. The summed E-state index contributed by atoms with van der Waals surface area (Å²) in [6.45, 7) is 1.86. The molecule has 2 rings (SSSR count). The van der Waals surface area contributed by atoms with E-state index < -0.39 is 0 Å². The fourth-order valence-corrected chi connectivity index (χ4v) is 1.74. The van der Waals surface area contributed by atoms with E-state index in [9.17, 15) is 5.11 Å². The van der Waals surface area contributed by atoms with Gasteiger partial charge in [0.05, 0.1) is 6.10 Å². The standard InChI is InChI=1S/C8H15NO/c10-8-5-9-4-7(8)3-6-1-2-6/h6-10H,1-5H2/t7-,8+/m0/s1. The fraction of sp³-hybridized carbons (Fsp3) is 1.00. The molecule has 0 aromatic heterocycles. The number of hydrogen-bond donors (Lipinski definition) is 2. The molecule has 0 aromatic carbocycles. The van der Waals surface area contributed by atoms with Gasteiger partial charge >= 0.3 is 0 Å². The number of β-amino-alcohol motifs (C(OH)–C–C–N with tert-alkyl or cyclic N) is 1. The second kappa shape index (κ2) is 2.51. The molecular formula is C8H15NO. The molecule has 2 N–H and O–H groups in total. The largest absolute Gasteiger partial charge is 0.391 e. The first-order chi connectivity index (χ1) is 4.86. The molecule has 2 fully saturated rings. The minimum absolute atomic E-state index is 0.0550. The van der Waals surface area contributed by atoms with Gasteiger partial charge in [0.1, 0.15) is 0 Å². The van der Waals surface area contributed by atoms with Crippen molar-refractivity contribution in [2.24, 2.45) is 11.8 Å². The Morgan fingerprint density at radius 3 is 2.60 bits per heavy atom. The van der Waals surface area contributed by atoms with E-state index in [1.54, 1.807) is 0 Å². The smallest absolute Gasteiger partial charge is 0.0704 e. The summed E-state index contributed by atoms with van der Waals surface area (Å²) >= 11 is 0. The van der Waals surface area contributed by atoms with E-state index in [-0.39, 0.29) is 6.10 Å². The zero-order valence-corrected chi connectivity index (χ0v) is 6.21. The third-order valence-electron chi connectivity index (χ3n) is 2.64. The maximum absolute atomic E-state index is 9.40. The number of rotatable bonds is 2. The molecule has 1 saturated heterocycles. The summed E-state index contributed by atoms with van der Waals surface area (Å²) in [4.78, 5) is 0. The molecule has 1 saturated carbocycles. The summed E-state index contributed by atoms with van der Waals surface area (Å²) in [6, 6.07) is 0. The van der Waals surface area contributed by atoms with E-state index >= 15 is 0 Å². The molecule has 58 valence electrons. The molecule has 0 aromatic rings. The molecule has 0 spiro atoms. The van der Waals surface area contributed by atoms with Crippen molar-refractivity contribution in [3.63, 3.8) is 0 Å². The van der Waals surface area contributed by atoms with Gasteiger partial charge in [0.15, 0.2) is 0 Å². The maximum Gasteiger partial charge on any atom is 0.0704 e. The van der Waals surface area contributed by atoms with Crippen molar-refractivity contribution in [3.05, 3.63) is 0 Å². The van der Waals surface area contributed by atoms with Crippen LogP contribution in [0.15, 0.2) is 0 Å². The van der Waals surface area contributed by atoms with Crippen LogP contribution in [-0.2, 0) is 0 Å². The highest BCUT2D eigenvalue weighted by atomic mass is 16.3. The molecule has 1 aliphatic carbocycles. The Hall–Kier alpha value is -0.0800. The molecule has 2 atom stereocenters. The third-order valence-corrected chi connectivity index (χ3v) is 2.64. The van der Waals surface area contributed by atoms with Crippen molar-refractivity contribution in [2.75, 3.05) is 13.1 Å². The van der Waals surface area contributed by atoms with E-state index in [1.807, 2.05) is 0 Å². The second-order valence-corrected chi connectivity index (χ2v) is 3.66. The average Bonchev–Trinajstić information content (AvgIpc) is 2.62. The van der Waals surface area contributed by atoms with Gasteiger partial charge in [0.25, 0.3) is 0 Å². The quantitative estimate of drug-likeness (QED) is 0.582. The van der Waals surface area contributed by atoms with Gasteiger partial charge in [-0.05, 0) is 18.3 Å². The van der Waals surface area contributed by atoms with Gasteiger partial charge in [-0.25, -0.2) is 0 Å². The van der Waals surface area contributed by atoms with Gasteiger partial charge in [-0.3, -0.25) is 0 Å². The van der Waals surface area contributed by atoms with E-state index in [0.29, 0.717) is 5.92 Å². The number of aliphatic hydroxyl groups is 1.